The molecule has 3 N–H and O–H groups in total. The molecule has 6 nitrogen and oxygen atoms in total. The van der Waals surface area contributed by atoms with Crippen LogP contribution in [0.5, 0.6) is 0 Å². The summed E-state index contributed by atoms with van der Waals surface area (Å²) in [6.07, 6.45) is 2.98. The number of hydrogen-bond acceptors (Lipinski definition) is 4. The maximum Gasteiger partial charge on any atom is 0.269 e. The first-order valence-corrected chi connectivity index (χ1v) is 8.01. The zero-order valence-corrected chi connectivity index (χ0v) is 13.7. The molecule has 0 aliphatic carbocycles. The summed E-state index contributed by atoms with van der Waals surface area (Å²) < 4.78 is 0. The third-order valence-corrected chi connectivity index (χ3v) is 3.84. The molecule has 0 spiro atoms. The number of nitrogens with one attached hydrogen (secondary N) is 2. The van der Waals surface area contributed by atoms with E-state index in [1.807, 2.05) is 18.2 Å². The van der Waals surface area contributed by atoms with E-state index in [1.165, 1.54) is 6.20 Å². The Bertz CT molecular complexity index is 863. The van der Waals surface area contributed by atoms with E-state index in [-0.39, 0.29) is 12.5 Å². The number of imidazole rings is 1. The van der Waals surface area contributed by atoms with Crippen LogP contribution in [0.4, 0.5) is 0 Å². The van der Waals surface area contributed by atoms with Crippen LogP contribution in [0.1, 0.15) is 28.3 Å². The highest BCUT2D eigenvalue weighted by atomic mass is 35.5. The highest BCUT2D eigenvalue weighted by molar-refractivity contribution is 6.31. The van der Waals surface area contributed by atoms with Gasteiger partial charge >= 0.3 is 0 Å². The number of nitrogens with zero attached hydrogens (tertiary/aromatic N) is 2. The van der Waals surface area contributed by atoms with Gasteiger partial charge in [0, 0.05) is 24.2 Å². The lowest BCUT2D eigenvalue weighted by molar-refractivity contribution is 0.0948. The Labute approximate surface area is 143 Å². The molecule has 0 radical (unpaired) electrons. The molecule has 7 heteroatoms. The van der Waals surface area contributed by atoms with Crippen molar-refractivity contribution in [3.05, 3.63) is 58.6 Å². The standard InChI is InChI=1S/C17H17ClN4O2/c18-12-3-4-13-14(9-12)22-16(21-13)2-1-6-20-17(24)15-8-11(10-23)5-7-19-15/h3-5,7-9,23H,1-2,6,10H2,(H,20,24)(H,21,22). The molecule has 0 atom stereocenters. The molecule has 0 fully saturated rings. The Hall–Kier alpha value is -2.44. The summed E-state index contributed by atoms with van der Waals surface area (Å²) in [5.41, 5.74) is 2.76. The number of hydrogen-bond donors (Lipinski definition) is 3. The quantitative estimate of drug-likeness (QED) is 0.599. The van der Waals surface area contributed by atoms with Crippen LogP contribution >= 0.6 is 11.6 Å². The first kappa shape index (κ1) is 16.4. The third kappa shape index (κ3) is 3.90. The topological polar surface area (TPSA) is 90.9 Å². The summed E-state index contributed by atoms with van der Waals surface area (Å²) >= 11 is 5.95. The summed E-state index contributed by atoms with van der Waals surface area (Å²) in [6, 6.07) is 8.78. The van der Waals surface area contributed by atoms with Gasteiger partial charge in [-0.2, -0.15) is 0 Å². The number of aromatic nitrogens is 3. The van der Waals surface area contributed by atoms with E-state index in [9.17, 15) is 4.79 Å². The van der Waals surface area contributed by atoms with Gasteiger partial charge in [0.15, 0.2) is 0 Å². The molecule has 2 heterocycles. The number of fused-ring (bicyclic) bond motifs is 1. The van der Waals surface area contributed by atoms with Crippen molar-refractivity contribution in [1.82, 2.24) is 20.3 Å². The number of aliphatic hydroxyl groups excluding tert-OH is 1. The number of aromatic amines is 1. The van der Waals surface area contributed by atoms with Crippen molar-refractivity contribution in [3.8, 4) is 0 Å². The number of aliphatic hydroxyl groups is 1. The molecule has 124 valence electrons. The average Bonchev–Trinajstić information content (AvgIpc) is 3.00. The highest BCUT2D eigenvalue weighted by Gasteiger charge is 2.08. The van der Waals surface area contributed by atoms with Crippen LogP contribution in [0.3, 0.4) is 0 Å². The van der Waals surface area contributed by atoms with Crippen molar-refractivity contribution in [2.45, 2.75) is 19.4 Å². The van der Waals surface area contributed by atoms with Crippen molar-refractivity contribution in [3.63, 3.8) is 0 Å². The lowest BCUT2D eigenvalue weighted by Gasteiger charge is -2.05. The smallest absolute Gasteiger partial charge is 0.269 e. The Morgan fingerprint density at radius 1 is 1.29 bits per heavy atom. The number of H-pyrrole nitrogens is 1. The van der Waals surface area contributed by atoms with Crippen LogP contribution < -0.4 is 5.32 Å². The van der Waals surface area contributed by atoms with Gasteiger partial charge in [0.25, 0.3) is 5.91 Å². The number of rotatable bonds is 6. The minimum atomic E-state index is -0.248. The van der Waals surface area contributed by atoms with Crippen LogP contribution in [0, 0.1) is 0 Å². The van der Waals surface area contributed by atoms with E-state index in [4.69, 9.17) is 16.7 Å². The second-order valence-electron chi connectivity index (χ2n) is 5.41. The fraction of sp³-hybridized carbons (Fsp3) is 0.235. The number of carbonyl (C=O) groups is 1. The Morgan fingerprint density at radius 3 is 3.00 bits per heavy atom. The maximum atomic E-state index is 12.0. The van der Waals surface area contributed by atoms with E-state index in [2.05, 4.69) is 20.3 Å². The van der Waals surface area contributed by atoms with Gasteiger partial charge in [-0.25, -0.2) is 4.98 Å². The molecule has 0 aliphatic heterocycles. The molecule has 0 unspecified atom stereocenters. The fourth-order valence-electron chi connectivity index (χ4n) is 2.40. The molecule has 2 aromatic heterocycles. The first-order valence-electron chi connectivity index (χ1n) is 7.64. The summed E-state index contributed by atoms with van der Waals surface area (Å²) in [7, 11) is 0. The molecule has 3 rings (SSSR count). The minimum absolute atomic E-state index is 0.112. The molecule has 1 amide bonds. The van der Waals surface area contributed by atoms with Gasteiger partial charge < -0.3 is 15.4 Å². The number of amides is 1. The zero-order valence-electron chi connectivity index (χ0n) is 12.9. The van der Waals surface area contributed by atoms with Gasteiger partial charge in [-0.15, -0.1) is 0 Å². The van der Waals surface area contributed by atoms with Gasteiger partial charge in [0.1, 0.15) is 11.5 Å². The number of carbonyl (C=O) groups excluding carboxylic acids is 1. The fourth-order valence-corrected chi connectivity index (χ4v) is 2.57. The first-order chi connectivity index (χ1) is 11.7. The molecule has 24 heavy (non-hydrogen) atoms. The Kier molecular flexibility index (Phi) is 5.08. The summed E-state index contributed by atoms with van der Waals surface area (Å²) in [5, 5.41) is 12.6. The molecular formula is C17H17ClN4O2. The third-order valence-electron chi connectivity index (χ3n) is 3.61. The summed E-state index contributed by atoms with van der Waals surface area (Å²) in [6.45, 7) is 0.403. The molecule has 3 aromatic rings. The largest absolute Gasteiger partial charge is 0.392 e. The highest BCUT2D eigenvalue weighted by Crippen LogP contribution is 2.17. The minimum Gasteiger partial charge on any atom is -0.392 e. The van der Waals surface area contributed by atoms with Crippen molar-refractivity contribution < 1.29 is 9.90 Å². The lowest BCUT2D eigenvalue weighted by Crippen LogP contribution is -2.25. The van der Waals surface area contributed by atoms with Crippen LogP contribution in [0.15, 0.2) is 36.5 Å². The van der Waals surface area contributed by atoms with Crippen molar-refractivity contribution in [1.29, 1.82) is 0 Å². The number of aryl methyl sites for hydroxylation is 1. The van der Waals surface area contributed by atoms with E-state index in [0.717, 1.165) is 29.7 Å². The molecule has 1 aromatic carbocycles. The average molecular weight is 345 g/mol. The van der Waals surface area contributed by atoms with Crippen molar-refractivity contribution in [2.75, 3.05) is 6.54 Å². The number of pyridine rings is 1. The second-order valence-corrected chi connectivity index (χ2v) is 5.85. The molecular weight excluding hydrogens is 328 g/mol. The monoisotopic (exact) mass is 344 g/mol. The van der Waals surface area contributed by atoms with E-state index < -0.39 is 0 Å². The Morgan fingerprint density at radius 2 is 2.17 bits per heavy atom. The normalized spacial score (nSPS) is 10.9. The van der Waals surface area contributed by atoms with Gasteiger partial charge in [-0.3, -0.25) is 9.78 Å². The van der Waals surface area contributed by atoms with Crippen LogP contribution in [-0.2, 0) is 13.0 Å². The lowest BCUT2D eigenvalue weighted by atomic mass is 10.2. The van der Waals surface area contributed by atoms with Gasteiger partial charge in [-0.1, -0.05) is 11.6 Å². The predicted molar refractivity (Wildman–Crippen MR) is 91.9 cm³/mol. The van der Waals surface area contributed by atoms with Gasteiger partial charge in [0.05, 0.1) is 17.6 Å². The molecule has 0 saturated carbocycles. The number of benzene rings is 1. The van der Waals surface area contributed by atoms with E-state index >= 15 is 0 Å². The van der Waals surface area contributed by atoms with Crippen LogP contribution in [0.25, 0.3) is 11.0 Å². The summed E-state index contributed by atoms with van der Waals surface area (Å²) in [5.74, 6) is 0.614. The summed E-state index contributed by atoms with van der Waals surface area (Å²) in [4.78, 5) is 23.7. The maximum absolute atomic E-state index is 12.0. The predicted octanol–water partition coefficient (Wildman–Crippen LogP) is 2.47. The van der Waals surface area contributed by atoms with E-state index in [1.54, 1.807) is 12.1 Å². The SMILES string of the molecule is O=C(NCCCc1nc2ccc(Cl)cc2[nH]1)c1cc(CO)ccn1. The van der Waals surface area contributed by atoms with Crippen molar-refractivity contribution in [2.24, 2.45) is 0 Å². The second kappa shape index (κ2) is 7.42. The Balaban J connectivity index is 1.51. The van der Waals surface area contributed by atoms with Crippen LogP contribution in [-0.4, -0.2) is 32.5 Å². The molecule has 0 bridgehead atoms. The van der Waals surface area contributed by atoms with Gasteiger partial charge in [-0.05, 0) is 42.3 Å². The van der Waals surface area contributed by atoms with Crippen LogP contribution in [0.2, 0.25) is 5.02 Å². The van der Waals surface area contributed by atoms with E-state index in [0.29, 0.717) is 22.8 Å². The molecule has 0 aliphatic rings. The van der Waals surface area contributed by atoms with Gasteiger partial charge in [0.2, 0.25) is 0 Å². The van der Waals surface area contributed by atoms with Crippen molar-refractivity contribution >= 4 is 28.5 Å². The molecule has 0 saturated heterocycles. The zero-order chi connectivity index (χ0) is 16.9. The number of halogens is 1.